The fourth-order valence-corrected chi connectivity index (χ4v) is 1.24. The number of hydrogen-bond acceptors (Lipinski definition) is 2. The number of anilines is 1. The molecule has 0 atom stereocenters. The molecule has 0 bridgehead atoms. The third-order valence-electron chi connectivity index (χ3n) is 1.57. The van der Waals surface area contributed by atoms with Crippen molar-refractivity contribution in [2.45, 2.75) is 13.8 Å². The molecule has 0 saturated heterocycles. The summed E-state index contributed by atoms with van der Waals surface area (Å²) < 4.78 is 1.09. The Bertz CT molecular complexity index is 250. The zero-order valence-electron chi connectivity index (χ0n) is 6.48. The molecule has 1 aromatic carbocycles. The van der Waals surface area contributed by atoms with Crippen LogP contribution in [0.1, 0.15) is 11.1 Å². The Morgan fingerprint density at radius 1 is 1.27 bits per heavy atom. The molecule has 0 fully saturated rings. The van der Waals surface area contributed by atoms with Gasteiger partial charge in [-0.25, -0.2) is 0 Å². The van der Waals surface area contributed by atoms with Gasteiger partial charge in [-0.15, -0.1) is 0 Å². The number of hydrogen-bond donors (Lipinski definition) is 2. The lowest BCUT2D eigenvalue weighted by Gasteiger charge is -2.05. The second-order valence-electron chi connectivity index (χ2n) is 2.54. The minimum Gasteiger partial charge on any atom is -0.291 e. The first-order valence-electron chi connectivity index (χ1n) is 3.32. The number of nitrogens with one attached hydrogen (secondary N) is 1. The van der Waals surface area contributed by atoms with E-state index in [1.165, 1.54) is 0 Å². The maximum absolute atomic E-state index is 8.61. The van der Waals surface area contributed by atoms with Crippen molar-refractivity contribution in [3.63, 3.8) is 0 Å². The molecule has 1 aromatic rings. The third kappa shape index (κ3) is 1.73. The summed E-state index contributed by atoms with van der Waals surface area (Å²) in [6.45, 7) is 3.97. The Hall–Kier alpha value is -0.540. The second-order valence-corrected chi connectivity index (χ2v) is 3.33. The lowest BCUT2D eigenvalue weighted by molar-refractivity contribution is 0.389. The van der Waals surface area contributed by atoms with Crippen molar-refractivity contribution in [2.75, 3.05) is 5.48 Å². The molecular formula is C8H10BrNO. The Morgan fingerprint density at radius 2 is 1.73 bits per heavy atom. The van der Waals surface area contributed by atoms with E-state index in [4.69, 9.17) is 5.21 Å². The van der Waals surface area contributed by atoms with Crippen molar-refractivity contribution in [3.05, 3.63) is 27.7 Å². The highest BCUT2D eigenvalue weighted by Gasteiger charge is 2.00. The molecule has 1 rings (SSSR count). The molecule has 0 spiro atoms. The number of rotatable bonds is 1. The minimum absolute atomic E-state index is 0.725. The largest absolute Gasteiger partial charge is 0.291 e. The molecule has 0 unspecified atom stereocenters. The summed E-state index contributed by atoms with van der Waals surface area (Å²) in [5.74, 6) is 0. The van der Waals surface area contributed by atoms with Crippen LogP contribution in [-0.2, 0) is 0 Å². The molecule has 0 heterocycles. The molecule has 60 valence electrons. The van der Waals surface area contributed by atoms with Crippen LogP contribution < -0.4 is 5.48 Å². The van der Waals surface area contributed by atoms with Crippen LogP contribution in [0.15, 0.2) is 16.6 Å². The number of benzene rings is 1. The lowest BCUT2D eigenvalue weighted by atomic mass is 10.1. The first kappa shape index (κ1) is 8.56. The normalized spacial score (nSPS) is 9.82. The van der Waals surface area contributed by atoms with Crippen LogP contribution in [-0.4, -0.2) is 5.21 Å². The molecular weight excluding hydrogens is 206 g/mol. The summed E-state index contributed by atoms with van der Waals surface area (Å²) in [6.07, 6.45) is 0. The Morgan fingerprint density at radius 3 is 2.09 bits per heavy atom. The van der Waals surface area contributed by atoms with Gasteiger partial charge in [-0.2, -0.15) is 0 Å². The summed E-state index contributed by atoms with van der Waals surface area (Å²) >= 11 is 3.43. The van der Waals surface area contributed by atoms with Gasteiger partial charge in [0.2, 0.25) is 0 Å². The molecule has 0 amide bonds. The predicted molar refractivity (Wildman–Crippen MR) is 49.0 cm³/mol. The van der Waals surface area contributed by atoms with Crippen LogP contribution in [0.2, 0.25) is 0 Å². The fraction of sp³-hybridized carbons (Fsp3) is 0.250. The summed E-state index contributed by atoms with van der Waals surface area (Å²) in [5, 5.41) is 8.61. The molecule has 3 heteroatoms. The van der Waals surface area contributed by atoms with E-state index in [9.17, 15) is 0 Å². The Balaban J connectivity index is 3.21. The predicted octanol–water partition coefficient (Wildman–Crippen LogP) is 2.87. The lowest BCUT2D eigenvalue weighted by Crippen LogP contribution is -1.91. The molecule has 2 nitrogen and oxygen atoms in total. The van der Waals surface area contributed by atoms with E-state index in [0.717, 1.165) is 21.3 Å². The van der Waals surface area contributed by atoms with Crippen molar-refractivity contribution in [1.82, 2.24) is 0 Å². The highest BCUT2D eigenvalue weighted by molar-refractivity contribution is 9.10. The Kier molecular flexibility index (Phi) is 2.52. The van der Waals surface area contributed by atoms with E-state index in [0.29, 0.717) is 0 Å². The first-order valence-corrected chi connectivity index (χ1v) is 4.11. The van der Waals surface area contributed by atoms with E-state index >= 15 is 0 Å². The van der Waals surface area contributed by atoms with Crippen LogP contribution >= 0.6 is 15.9 Å². The molecule has 0 saturated carbocycles. The summed E-state index contributed by atoms with van der Waals surface area (Å²) in [7, 11) is 0. The van der Waals surface area contributed by atoms with Gasteiger partial charge in [-0.3, -0.25) is 10.7 Å². The molecule has 0 aliphatic carbocycles. The van der Waals surface area contributed by atoms with Gasteiger partial charge in [0.05, 0.1) is 5.69 Å². The molecule has 0 aliphatic rings. The van der Waals surface area contributed by atoms with E-state index in [2.05, 4.69) is 21.4 Å². The zero-order valence-corrected chi connectivity index (χ0v) is 8.07. The van der Waals surface area contributed by atoms with Crippen LogP contribution in [0.5, 0.6) is 0 Å². The summed E-state index contributed by atoms with van der Waals surface area (Å²) in [4.78, 5) is 0. The van der Waals surface area contributed by atoms with Crippen LogP contribution in [0.4, 0.5) is 5.69 Å². The Labute approximate surface area is 74.3 Å². The quantitative estimate of drug-likeness (QED) is 0.707. The fourth-order valence-electron chi connectivity index (χ4n) is 1.01. The zero-order chi connectivity index (χ0) is 8.43. The topological polar surface area (TPSA) is 32.3 Å². The van der Waals surface area contributed by atoms with Gasteiger partial charge in [0.1, 0.15) is 0 Å². The van der Waals surface area contributed by atoms with Gasteiger partial charge in [0, 0.05) is 4.47 Å². The van der Waals surface area contributed by atoms with E-state index in [1.807, 2.05) is 26.0 Å². The highest BCUT2D eigenvalue weighted by Crippen LogP contribution is 2.24. The van der Waals surface area contributed by atoms with Crippen LogP contribution in [0.25, 0.3) is 0 Å². The highest BCUT2D eigenvalue weighted by atomic mass is 79.9. The maximum Gasteiger partial charge on any atom is 0.0608 e. The van der Waals surface area contributed by atoms with Gasteiger partial charge < -0.3 is 0 Å². The maximum atomic E-state index is 8.61. The van der Waals surface area contributed by atoms with Gasteiger partial charge >= 0.3 is 0 Å². The third-order valence-corrected chi connectivity index (χ3v) is 2.82. The van der Waals surface area contributed by atoms with Gasteiger partial charge in [0.15, 0.2) is 0 Å². The number of halogens is 1. The summed E-state index contributed by atoms with van der Waals surface area (Å²) in [5.41, 5.74) is 5.07. The number of aryl methyl sites for hydroxylation is 2. The van der Waals surface area contributed by atoms with Crippen molar-refractivity contribution >= 4 is 21.6 Å². The minimum atomic E-state index is 0.725. The van der Waals surface area contributed by atoms with Crippen molar-refractivity contribution in [3.8, 4) is 0 Å². The van der Waals surface area contributed by atoms with E-state index in [1.54, 1.807) is 0 Å². The first-order chi connectivity index (χ1) is 5.15. The van der Waals surface area contributed by atoms with Crippen molar-refractivity contribution < 1.29 is 5.21 Å². The average Bonchev–Trinajstić information content (AvgIpc) is 1.99. The second kappa shape index (κ2) is 3.24. The van der Waals surface area contributed by atoms with E-state index < -0.39 is 0 Å². The molecule has 0 radical (unpaired) electrons. The van der Waals surface area contributed by atoms with Crippen molar-refractivity contribution in [2.24, 2.45) is 0 Å². The monoisotopic (exact) mass is 215 g/mol. The summed E-state index contributed by atoms with van der Waals surface area (Å²) in [6, 6.07) is 3.74. The van der Waals surface area contributed by atoms with Crippen LogP contribution in [0.3, 0.4) is 0 Å². The average molecular weight is 216 g/mol. The standard InChI is InChI=1S/C8H10BrNO/c1-5-3-7(10-11)4-6(2)8(5)9/h3-4,10-11H,1-2H3. The van der Waals surface area contributed by atoms with Gasteiger partial charge in [-0.05, 0) is 37.1 Å². The van der Waals surface area contributed by atoms with Gasteiger partial charge in [0.25, 0.3) is 0 Å². The molecule has 0 aliphatic heterocycles. The molecule has 11 heavy (non-hydrogen) atoms. The van der Waals surface area contributed by atoms with Gasteiger partial charge in [-0.1, -0.05) is 15.9 Å². The van der Waals surface area contributed by atoms with Crippen LogP contribution in [0, 0.1) is 13.8 Å². The van der Waals surface area contributed by atoms with Crippen molar-refractivity contribution in [1.29, 1.82) is 0 Å². The SMILES string of the molecule is Cc1cc(NO)cc(C)c1Br. The smallest absolute Gasteiger partial charge is 0.0608 e. The molecule has 2 N–H and O–H groups in total. The molecule has 0 aromatic heterocycles. The van der Waals surface area contributed by atoms with E-state index in [-0.39, 0.29) is 0 Å².